The predicted molar refractivity (Wildman–Crippen MR) is 102 cm³/mol. The van der Waals surface area contributed by atoms with Gasteiger partial charge in [-0.2, -0.15) is 0 Å². The maximum absolute atomic E-state index is 11.8. The number of carbonyl (C=O) groups is 2. The van der Waals surface area contributed by atoms with E-state index >= 15 is 0 Å². The van der Waals surface area contributed by atoms with Crippen LogP contribution in [0.3, 0.4) is 0 Å². The third kappa shape index (κ3) is 16.4. The number of rotatable bonds is 14. The van der Waals surface area contributed by atoms with E-state index in [2.05, 4.69) is 12.2 Å². The van der Waals surface area contributed by atoms with Crippen molar-refractivity contribution in [3.8, 4) is 0 Å². The van der Waals surface area contributed by atoms with Crippen LogP contribution in [0.2, 0.25) is 0 Å². The average molecular weight is 359 g/mol. The second kappa shape index (κ2) is 20.3. The first kappa shape index (κ1) is 29.7. The van der Waals surface area contributed by atoms with Crippen LogP contribution >= 0.6 is 0 Å². The van der Waals surface area contributed by atoms with E-state index < -0.39 is 12.0 Å². The SMILES string of the molecule is CCCCCCCCCCCC(=O)N[C@H](C(=O)O)[C@@H](C)CC.[Na].[Na]. The number of unbranched alkanes of at least 4 members (excludes halogenated alkanes) is 8. The molecule has 1 amide bonds. The van der Waals surface area contributed by atoms with Crippen molar-refractivity contribution >= 4 is 71.0 Å². The van der Waals surface area contributed by atoms with Gasteiger partial charge in [0, 0.05) is 65.5 Å². The van der Waals surface area contributed by atoms with Crippen LogP contribution < -0.4 is 5.32 Å². The van der Waals surface area contributed by atoms with Crippen molar-refractivity contribution in [3.63, 3.8) is 0 Å². The van der Waals surface area contributed by atoms with E-state index in [1.807, 2.05) is 13.8 Å². The van der Waals surface area contributed by atoms with E-state index in [0.29, 0.717) is 6.42 Å². The van der Waals surface area contributed by atoms with Gasteiger partial charge in [-0.25, -0.2) is 4.79 Å². The van der Waals surface area contributed by atoms with Gasteiger partial charge in [-0.15, -0.1) is 0 Å². The second-order valence-corrected chi connectivity index (χ2v) is 6.35. The normalized spacial score (nSPS) is 12.5. The van der Waals surface area contributed by atoms with Gasteiger partial charge in [0.25, 0.3) is 0 Å². The molecule has 0 aliphatic heterocycles. The fraction of sp³-hybridized carbons (Fsp3) is 0.889. The van der Waals surface area contributed by atoms with Gasteiger partial charge in [-0.05, 0) is 12.3 Å². The average Bonchev–Trinajstić information content (AvgIpc) is 2.50. The summed E-state index contributed by atoms with van der Waals surface area (Å²) in [5.41, 5.74) is 0. The van der Waals surface area contributed by atoms with E-state index in [1.165, 1.54) is 44.9 Å². The topological polar surface area (TPSA) is 66.4 Å². The quantitative estimate of drug-likeness (QED) is 0.367. The van der Waals surface area contributed by atoms with Crippen molar-refractivity contribution < 1.29 is 14.7 Å². The molecule has 0 saturated heterocycles. The first-order chi connectivity index (χ1) is 10.5. The van der Waals surface area contributed by atoms with Crippen molar-refractivity contribution in [2.45, 2.75) is 97.4 Å². The Kier molecular flexibility index (Phi) is 25.1. The van der Waals surface area contributed by atoms with Gasteiger partial charge in [0.15, 0.2) is 0 Å². The summed E-state index contributed by atoms with van der Waals surface area (Å²) in [6, 6.07) is -0.754. The zero-order valence-electron chi connectivity index (χ0n) is 16.7. The molecular weight excluding hydrogens is 324 g/mol. The van der Waals surface area contributed by atoms with Crippen molar-refractivity contribution in [2.75, 3.05) is 0 Å². The zero-order chi connectivity index (χ0) is 16.8. The number of nitrogens with one attached hydrogen (secondary N) is 1. The number of amides is 1. The number of carboxylic acids is 1. The van der Waals surface area contributed by atoms with E-state index in [-0.39, 0.29) is 70.9 Å². The van der Waals surface area contributed by atoms with Crippen LogP contribution in [0, 0.1) is 5.92 Å². The minimum Gasteiger partial charge on any atom is -0.480 e. The molecule has 0 aliphatic rings. The Hall–Kier alpha value is 0.940. The maximum atomic E-state index is 11.8. The molecule has 0 aromatic rings. The smallest absolute Gasteiger partial charge is 0.326 e. The molecule has 0 aromatic carbocycles. The van der Waals surface area contributed by atoms with Crippen molar-refractivity contribution in [2.24, 2.45) is 5.92 Å². The number of carbonyl (C=O) groups excluding carboxylic acids is 1. The fourth-order valence-corrected chi connectivity index (χ4v) is 2.52. The van der Waals surface area contributed by atoms with Gasteiger partial charge in [0.1, 0.15) is 6.04 Å². The van der Waals surface area contributed by atoms with Crippen LogP contribution in [0.5, 0.6) is 0 Å². The molecular formula is C18H35NNa2O3. The zero-order valence-corrected chi connectivity index (χ0v) is 20.7. The van der Waals surface area contributed by atoms with Gasteiger partial charge < -0.3 is 10.4 Å². The molecule has 4 nitrogen and oxygen atoms in total. The Morgan fingerprint density at radius 1 is 0.875 bits per heavy atom. The number of carboxylic acid groups (broad SMARTS) is 1. The maximum Gasteiger partial charge on any atom is 0.326 e. The molecule has 0 aromatic heterocycles. The van der Waals surface area contributed by atoms with E-state index in [0.717, 1.165) is 19.3 Å². The van der Waals surface area contributed by atoms with E-state index in [9.17, 15) is 9.59 Å². The molecule has 132 valence electrons. The Morgan fingerprint density at radius 2 is 1.33 bits per heavy atom. The molecule has 2 radical (unpaired) electrons. The first-order valence-corrected chi connectivity index (χ1v) is 9.05. The summed E-state index contributed by atoms with van der Waals surface area (Å²) in [6.45, 7) is 6.02. The summed E-state index contributed by atoms with van der Waals surface area (Å²) in [4.78, 5) is 23.0. The van der Waals surface area contributed by atoms with Crippen LogP contribution in [-0.4, -0.2) is 82.1 Å². The largest absolute Gasteiger partial charge is 0.480 e. The summed E-state index contributed by atoms with van der Waals surface area (Å²) >= 11 is 0. The Labute approximate surface area is 192 Å². The van der Waals surface area contributed by atoms with E-state index in [1.54, 1.807) is 0 Å². The minimum absolute atomic E-state index is 0. The molecule has 2 atom stereocenters. The summed E-state index contributed by atoms with van der Waals surface area (Å²) < 4.78 is 0. The minimum atomic E-state index is -0.935. The van der Waals surface area contributed by atoms with Crippen molar-refractivity contribution in [1.29, 1.82) is 0 Å². The molecule has 0 bridgehead atoms. The number of aliphatic carboxylic acids is 1. The third-order valence-electron chi connectivity index (χ3n) is 4.30. The molecule has 24 heavy (non-hydrogen) atoms. The second-order valence-electron chi connectivity index (χ2n) is 6.35. The molecule has 0 saturated carbocycles. The van der Waals surface area contributed by atoms with Gasteiger partial charge >= 0.3 is 5.97 Å². The van der Waals surface area contributed by atoms with E-state index in [4.69, 9.17) is 5.11 Å². The summed E-state index contributed by atoms with van der Waals surface area (Å²) in [7, 11) is 0. The predicted octanol–water partition coefficient (Wildman–Crippen LogP) is 3.76. The molecule has 0 heterocycles. The summed E-state index contributed by atoms with van der Waals surface area (Å²) in [6.07, 6.45) is 12.1. The van der Waals surface area contributed by atoms with Crippen molar-refractivity contribution in [3.05, 3.63) is 0 Å². The van der Waals surface area contributed by atoms with Gasteiger partial charge in [-0.3, -0.25) is 4.79 Å². The molecule has 0 unspecified atom stereocenters. The summed E-state index contributed by atoms with van der Waals surface area (Å²) in [5.74, 6) is -1.10. The standard InChI is InChI=1S/C18H35NO3.2Na/c1-4-6-7-8-9-10-11-12-13-14-16(20)19-17(18(21)22)15(3)5-2;;/h15,17H,4-14H2,1-3H3,(H,19,20)(H,21,22);;/t15-,17-;;/m0../s1. The molecule has 0 aliphatic carbocycles. The first-order valence-electron chi connectivity index (χ1n) is 9.05. The number of hydrogen-bond acceptors (Lipinski definition) is 2. The molecule has 0 spiro atoms. The molecule has 2 N–H and O–H groups in total. The van der Waals surface area contributed by atoms with Gasteiger partial charge in [0.05, 0.1) is 0 Å². The van der Waals surface area contributed by atoms with Gasteiger partial charge in [-0.1, -0.05) is 78.6 Å². The number of hydrogen-bond donors (Lipinski definition) is 2. The summed E-state index contributed by atoms with van der Waals surface area (Å²) in [5, 5.41) is 11.8. The molecule has 0 rings (SSSR count). The molecule has 6 heteroatoms. The van der Waals surface area contributed by atoms with Crippen LogP contribution in [0.25, 0.3) is 0 Å². The van der Waals surface area contributed by atoms with Crippen LogP contribution in [0.4, 0.5) is 0 Å². The van der Waals surface area contributed by atoms with Crippen LogP contribution in [-0.2, 0) is 9.59 Å². The monoisotopic (exact) mass is 359 g/mol. The Balaban J connectivity index is -0.00000220. The van der Waals surface area contributed by atoms with Crippen LogP contribution in [0.15, 0.2) is 0 Å². The van der Waals surface area contributed by atoms with Crippen molar-refractivity contribution in [1.82, 2.24) is 5.32 Å². The van der Waals surface area contributed by atoms with Gasteiger partial charge in [0.2, 0.25) is 5.91 Å². The van der Waals surface area contributed by atoms with Crippen LogP contribution in [0.1, 0.15) is 91.4 Å². The third-order valence-corrected chi connectivity index (χ3v) is 4.30. The Morgan fingerprint density at radius 3 is 1.75 bits per heavy atom. The molecule has 0 fully saturated rings. The fourth-order valence-electron chi connectivity index (χ4n) is 2.52. The Bertz CT molecular complexity index is 315.